The van der Waals surface area contributed by atoms with Crippen LogP contribution in [0.1, 0.15) is 20.3 Å². The van der Waals surface area contributed by atoms with E-state index in [2.05, 4.69) is 5.10 Å². The third-order valence-electron chi connectivity index (χ3n) is 1.74. The van der Waals surface area contributed by atoms with Crippen molar-refractivity contribution < 1.29 is 9.84 Å². The van der Waals surface area contributed by atoms with E-state index in [1.165, 1.54) is 0 Å². The number of aryl methyl sites for hydroxylation is 1. The predicted octanol–water partition coefficient (Wildman–Crippen LogP) is 1.05. The number of aliphatic hydroxyl groups is 1. The van der Waals surface area contributed by atoms with Crippen LogP contribution in [-0.4, -0.2) is 27.6 Å². The molecule has 1 heterocycles. The van der Waals surface area contributed by atoms with E-state index in [1.54, 1.807) is 17.8 Å². The van der Waals surface area contributed by atoms with Crippen LogP contribution in [-0.2, 0) is 6.54 Å². The summed E-state index contributed by atoms with van der Waals surface area (Å²) in [5.74, 6) is 0.766. The molecule has 0 spiro atoms. The van der Waals surface area contributed by atoms with Crippen LogP contribution in [0.15, 0.2) is 12.4 Å². The van der Waals surface area contributed by atoms with Crippen LogP contribution in [0.5, 0.6) is 5.75 Å². The second kappa shape index (κ2) is 4.87. The first-order chi connectivity index (χ1) is 6.22. The summed E-state index contributed by atoms with van der Waals surface area (Å²) in [6.45, 7) is 5.15. The van der Waals surface area contributed by atoms with E-state index in [4.69, 9.17) is 9.84 Å². The molecule has 0 aromatic carbocycles. The summed E-state index contributed by atoms with van der Waals surface area (Å²) < 4.78 is 7.16. The minimum absolute atomic E-state index is 0.304. The summed E-state index contributed by atoms with van der Waals surface area (Å²) >= 11 is 0. The molecule has 0 fully saturated rings. The summed E-state index contributed by atoms with van der Waals surface area (Å²) in [6, 6.07) is 0. The zero-order chi connectivity index (χ0) is 9.68. The molecule has 1 unspecified atom stereocenters. The van der Waals surface area contributed by atoms with Crippen molar-refractivity contribution in [3.05, 3.63) is 12.4 Å². The first-order valence-electron chi connectivity index (χ1n) is 4.55. The zero-order valence-electron chi connectivity index (χ0n) is 8.10. The van der Waals surface area contributed by atoms with E-state index in [-0.39, 0.29) is 6.10 Å². The minimum atomic E-state index is -0.304. The Morgan fingerprint density at radius 2 is 2.46 bits per heavy atom. The number of hydrogen-bond donors (Lipinski definition) is 1. The standard InChI is InChI=1S/C9H16N2O2/c1-3-11-7-9(6-10-11)13-5-4-8(2)12/h6-8,12H,3-5H2,1-2H3. The van der Waals surface area contributed by atoms with Gasteiger partial charge in [0.25, 0.3) is 0 Å². The van der Waals surface area contributed by atoms with Crippen LogP contribution >= 0.6 is 0 Å². The molecule has 0 saturated carbocycles. The predicted molar refractivity (Wildman–Crippen MR) is 49.7 cm³/mol. The molecule has 1 atom stereocenters. The lowest BCUT2D eigenvalue weighted by atomic mass is 10.3. The van der Waals surface area contributed by atoms with Crippen molar-refractivity contribution in [3.63, 3.8) is 0 Å². The summed E-state index contributed by atoms with van der Waals surface area (Å²) in [5, 5.41) is 13.0. The highest BCUT2D eigenvalue weighted by molar-refractivity contribution is 5.11. The Morgan fingerprint density at radius 3 is 3.00 bits per heavy atom. The largest absolute Gasteiger partial charge is 0.490 e. The summed E-state index contributed by atoms with van der Waals surface area (Å²) in [5.41, 5.74) is 0. The van der Waals surface area contributed by atoms with Gasteiger partial charge in [0.2, 0.25) is 0 Å². The maximum absolute atomic E-state index is 8.98. The zero-order valence-corrected chi connectivity index (χ0v) is 8.10. The van der Waals surface area contributed by atoms with Crippen molar-refractivity contribution >= 4 is 0 Å². The smallest absolute Gasteiger partial charge is 0.157 e. The highest BCUT2D eigenvalue weighted by Crippen LogP contribution is 2.08. The molecule has 4 heteroatoms. The van der Waals surface area contributed by atoms with Crippen LogP contribution in [0.25, 0.3) is 0 Å². The quantitative estimate of drug-likeness (QED) is 0.744. The number of rotatable bonds is 5. The monoisotopic (exact) mass is 184 g/mol. The number of ether oxygens (including phenoxy) is 1. The van der Waals surface area contributed by atoms with Crippen LogP contribution in [0, 0.1) is 0 Å². The molecule has 74 valence electrons. The molecule has 0 radical (unpaired) electrons. The highest BCUT2D eigenvalue weighted by Gasteiger charge is 1.99. The van der Waals surface area contributed by atoms with Gasteiger partial charge >= 0.3 is 0 Å². The Balaban J connectivity index is 2.28. The van der Waals surface area contributed by atoms with Gasteiger partial charge in [-0.15, -0.1) is 0 Å². The van der Waals surface area contributed by atoms with Crippen molar-refractivity contribution in [2.75, 3.05) is 6.61 Å². The Morgan fingerprint density at radius 1 is 1.69 bits per heavy atom. The summed E-state index contributed by atoms with van der Waals surface area (Å²) in [7, 11) is 0. The maximum Gasteiger partial charge on any atom is 0.157 e. The van der Waals surface area contributed by atoms with Crippen LogP contribution in [0.2, 0.25) is 0 Å². The van der Waals surface area contributed by atoms with Crippen molar-refractivity contribution in [1.82, 2.24) is 9.78 Å². The number of hydrogen-bond acceptors (Lipinski definition) is 3. The SMILES string of the molecule is CCn1cc(OCCC(C)O)cn1. The van der Waals surface area contributed by atoms with Crippen molar-refractivity contribution in [2.24, 2.45) is 0 Å². The fraction of sp³-hybridized carbons (Fsp3) is 0.667. The van der Waals surface area contributed by atoms with Crippen molar-refractivity contribution in [3.8, 4) is 5.75 Å². The fourth-order valence-corrected chi connectivity index (χ4v) is 0.939. The van der Waals surface area contributed by atoms with Crippen LogP contribution in [0.3, 0.4) is 0 Å². The Kier molecular flexibility index (Phi) is 3.76. The normalized spacial score (nSPS) is 12.8. The van der Waals surface area contributed by atoms with Gasteiger partial charge in [-0.2, -0.15) is 5.10 Å². The Labute approximate surface area is 78.1 Å². The van der Waals surface area contributed by atoms with Crippen molar-refractivity contribution in [2.45, 2.75) is 32.9 Å². The summed E-state index contributed by atoms with van der Waals surface area (Å²) in [6.07, 6.45) is 3.88. The molecular weight excluding hydrogens is 168 g/mol. The van der Waals surface area contributed by atoms with E-state index in [0.29, 0.717) is 13.0 Å². The molecule has 1 aromatic rings. The third-order valence-corrected chi connectivity index (χ3v) is 1.74. The lowest BCUT2D eigenvalue weighted by Crippen LogP contribution is -2.07. The maximum atomic E-state index is 8.98. The minimum Gasteiger partial charge on any atom is -0.490 e. The molecule has 1 aromatic heterocycles. The lowest BCUT2D eigenvalue weighted by molar-refractivity contribution is 0.155. The van der Waals surface area contributed by atoms with Crippen molar-refractivity contribution in [1.29, 1.82) is 0 Å². The van der Waals surface area contributed by atoms with Gasteiger partial charge in [-0.1, -0.05) is 0 Å². The second-order valence-corrected chi connectivity index (χ2v) is 3.02. The highest BCUT2D eigenvalue weighted by atomic mass is 16.5. The summed E-state index contributed by atoms with van der Waals surface area (Å²) in [4.78, 5) is 0. The van der Waals surface area contributed by atoms with E-state index in [9.17, 15) is 0 Å². The van der Waals surface area contributed by atoms with E-state index >= 15 is 0 Å². The molecule has 0 aliphatic rings. The van der Waals surface area contributed by atoms with Crippen LogP contribution in [0.4, 0.5) is 0 Å². The van der Waals surface area contributed by atoms with E-state index in [0.717, 1.165) is 12.3 Å². The van der Waals surface area contributed by atoms with Gasteiger partial charge in [-0.3, -0.25) is 4.68 Å². The average molecular weight is 184 g/mol. The van der Waals surface area contributed by atoms with E-state index in [1.807, 2.05) is 13.1 Å². The molecule has 13 heavy (non-hydrogen) atoms. The van der Waals surface area contributed by atoms with Crippen LogP contribution < -0.4 is 4.74 Å². The van der Waals surface area contributed by atoms with Gasteiger partial charge in [0.15, 0.2) is 5.75 Å². The topological polar surface area (TPSA) is 47.3 Å². The molecule has 0 bridgehead atoms. The Bertz CT molecular complexity index is 246. The number of nitrogens with zero attached hydrogens (tertiary/aromatic N) is 2. The third kappa shape index (κ3) is 3.46. The molecule has 0 saturated heterocycles. The lowest BCUT2D eigenvalue weighted by Gasteiger charge is -2.04. The molecule has 0 amide bonds. The van der Waals surface area contributed by atoms with Gasteiger partial charge in [-0.05, 0) is 13.8 Å². The molecule has 0 aliphatic carbocycles. The molecule has 0 aliphatic heterocycles. The number of aromatic nitrogens is 2. The Hall–Kier alpha value is -1.03. The fourth-order valence-electron chi connectivity index (χ4n) is 0.939. The first-order valence-corrected chi connectivity index (χ1v) is 4.55. The van der Waals surface area contributed by atoms with E-state index < -0.39 is 0 Å². The second-order valence-electron chi connectivity index (χ2n) is 3.02. The van der Waals surface area contributed by atoms with Gasteiger partial charge in [0.05, 0.1) is 25.1 Å². The molecule has 4 nitrogen and oxygen atoms in total. The van der Waals surface area contributed by atoms with Gasteiger partial charge in [-0.25, -0.2) is 0 Å². The molecule has 1 rings (SSSR count). The van der Waals surface area contributed by atoms with Gasteiger partial charge < -0.3 is 9.84 Å². The molecule has 1 N–H and O–H groups in total. The average Bonchev–Trinajstić information content (AvgIpc) is 2.52. The first kappa shape index (κ1) is 10.1. The number of aliphatic hydroxyl groups excluding tert-OH is 1. The molecular formula is C9H16N2O2. The van der Waals surface area contributed by atoms with Gasteiger partial charge in [0.1, 0.15) is 0 Å². The van der Waals surface area contributed by atoms with Gasteiger partial charge in [0, 0.05) is 13.0 Å².